The maximum atomic E-state index is 12.3. The lowest BCUT2D eigenvalue weighted by Crippen LogP contribution is -2.46. The van der Waals surface area contributed by atoms with Gasteiger partial charge < -0.3 is 32.7 Å². The van der Waals surface area contributed by atoms with Crippen molar-refractivity contribution in [3.8, 4) is 0 Å². The lowest BCUT2D eigenvalue weighted by molar-refractivity contribution is -0.121. The number of hydrogen-bond acceptors (Lipinski definition) is 6. The van der Waals surface area contributed by atoms with E-state index in [-0.39, 0.29) is 49.3 Å². The normalized spacial score (nSPS) is 13.4. The van der Waals surface area contributed by atoms with Crippen LogP contribution in [0.15, 0.2) is 24.6 Å². The first-order valence-electron chi connectivity index (χ1n) is 10.7. The van der Waals surface area contributed by atoms with Crippen LogP contribution in [-0.4, -0.2) is 59.7 Å². The molecule has 10 heteroatoms. The number of nitrogens with two attached hydrogens (primary N) is 2. The van der Waals surface area contributed by atoms with Gasteiger partial charge in [0.05, 0.1) is 19.1 Å². The third kappa shape index (κ3) is 14.3. The van der Waals surface area contributed by atoms with Gasteiger partial charge in [-0.1, -0.05) is 39.3 Å². The van der Waals surface area contributed by atoms with E-state index in [4.69, 9.17) is 11.5 Å². The average molecular weight is 452 g/mol. The molecule has 3 radical (unpaired) electrons. The molecular formula is C21H39N6O3Si. The first-order valence-corrected chi connectivity index (χ1v) is 11.3. The number of unbranched alkanes of at least 4 members (excludes halogenated alkanes) is 3. The van der Waals surface area contributed by atoms with Crippen LogP contribution in [0.1, 0.15) is 52.4 Å². The second-order valence-electron chi connectivity index (χ2n) is 7.63. The molecule has 0 aliphatic rings. The molecular weight excluding hydrogens is 412 g/mol. The van der Waals surface area contributed by atoms with Gasteiger partial charge in [-0.2, -0.15) is 0 Å². The van der Waals surface area contributed by atoms with Crippen LogP contribution in [-0.2, 0) is 14.4 Å². The van der Waals surface area contributed by atoms with Crippen LogP contribution in [0.25, 0.3) is 0 Å². The first kappa shape index (κ1) is 28.7. The van der Waals surface area contributed by atoms with E-state index in [1.807, 2.05) is 6.92 Å². The van der Waals surface area contributed by atoms with Gasteiger partial charge >= 0.3 is 0 Å². The quantitative estimate of drug-likeness (QED) is 0.127. The van der Waals surface area contributed by atoms with Gasteiger partial charge in [-0.05, 0) is 19.8 Å². The van der Waals surface area contributed by atoms with Gasteiger partial charge in [-0.15, -0.1) is 0 Å². The average Bonchev–Trinajstić information content (AvgIpc) is 2.72. The second kappa shape index (κ2) is 16.4. The number of primary amides is 1. The molecule has 0 heterocycles. The Labute approximate surface area is 189 Å². The molecule has 8 N–H and O–H groups in total. The fraction of sp³-hybridized carbons (Fsp3) is 0.667. The third-order valence-electron chi connectivity index (χ3n) is 4.64. The molecule has 0 fully saturated rings. The molecule has 9 nitrogen and oxygen atoms in total. The molecule has 0 aliphatic carbocycles. The molecule has 31 heavy (non-hydrogen) atoms. The fourth-order valence-electron chi connectivity index (χ4n) is 2.65. The molecule has 0 aromatic heterocycles. The summed E-state index contributed by atoms with van der Waals surface area (Å²) in [7, 11) is 3.46. The van der Waals surface area contributed by atoms with Crippen molar-refractivity contribution in [2.24, 2.45) is 11.5 Å². The van der Waals surface area contributed by atoms with Crippen LogP contribution in [0.4, 0.5) is 0 Å². The van der Waals surface area contributed by atoms with E-state index >= 15 is 0 Å². The largest absolute Gasteiger partial charge is 0.380 e. The Kier molecular flexibility index (Phi) is 15.1. The molecule has 3 amide bonds. The molecule has 0 rings (SSSR count). The van der Waals surface area contributed by atoms with Crippen LogP contribution < -0.4 is 32.7 Å². The monoisotopic (exact) mass is 451 g/mol. The van der Waals surface area contributed by atoms with E-state index in [1.54, 1.807) is 0 Å². The molecule has 3 atom stereocenters. The van der Waals surface area contributed by atoms with Gasteiger partial charge in [0.1, 0.15) is 0 Å². The van der Waals surface area contributed by atoms with Gasteiger partial charge in [0.15, 0.2) is 0 Å². The van der Waals surface area contributed by atoms with Crippen molar-refractivity contribution in [2.75, 3.05) is 19.6 Å². The topological polar surface area (TPSA) is 151 Å². The van der Waals surface area contributed by atoms with Crippen LogP contribution >= 0.6 is 0 Å². The highest BCUT2D eigenvalue weighted by atomic mass is 28.1. The molecule has 0 aromatic carbocycles. The summed E-state index contributed by atoms with van der Waals surface area (Å²) < 4.78 is 0. The standard InChI is InChI=1S/C21H39N6O3Si/c1-5-6-7-8-11-24-19(29)12-25-15(3)17(9-10-18(23)28)27-20(30)13-26-16(4)21(31)14(2)22/h14,17,21,25-26H,3-13,22H2,1-2H3,(H2,23,28)(H,24,29)(H,27,30)/t14-,17-,21?/m0/s1. The van der Waals surface area contributed by atoms with Gasteiger partial charge in [0, 0.05) is 46.2 Å². The van der Waals surface area contributed by atoms with E-state index in [0.29, 0.717) is 17.9 Å². The van der Waals surface area contributed by atoms with E-state index in [2.05, 4.69) is 51.6 Å². The van der Waals surface area contributed by atoms with E-state index < -0.39 is 11.9 Å². The van der Waals surface area contributed by atoms with E-state index in [0.717, 1.165) is 25.7 Å². The van der Waals surface area contributed by atoms with Crippen molar-refractivity contribution in [1.29, 1.82) is 0 Å². The Balaban J connectivity index is 4.56. The zero-order chi connectivity index (χ0) is 23.8. The minimum absolute atomic E-state index is 0.0227. The van der Waals surface area contributed by atoms with Crippen molar-refractivity contribution in [3.63, 3.8) is 0 Å². The highest BCUT2D eigenvalue weighted by Gasteiger charge is 2.18. The molecule has 0 aliphatic heterocycles. The summed E-state index contributed by atoms with van der Waals surface area (Å²) in [6, 6.07) is -0.732. The van der Waals surface area contributed by atoms with Crippen molar-refractivity contribution < 1.29 is 14.4 Å². The Morgan fingerprint density at radius 1 is 0.968 bits per heavy atom. The highest BCUT2D eigenvalue weighted by molar-refractivity contribution is 6.14. The van der Waals surface area contributed by atoms with Crippen molar-refractivity contribution in [2.45, 2.75) is 70.0 Å². The fourth-order valence-corrected chi connectivity index (χ4v) is 2.75. The zero-order valence-corrected chi connectivity index (χ0v) is 19.9. The second-order valence-corrected chi connectivity index (χ2v) is 8.25. The summed E-state index contributed by atoms with van der Waals surface area (Å²) in [5.74, 6) is -0.959. The molecule has 0 aromatic rings. The predicted molar refractivity (Wildman–Crippen MR) is 125 cm³/mol. The van der Waals surface area contributed by atoms with Gasteiger partial charge in [-0.25, -0.2) is 0 Å². The summed E-state index contributed by atoms with van der Waals surface area (Å²) >= 11 is 0. The molecule has 0 bridgehead atoms. The first-order chi connectivity index (χ1) is 14.6. The summed E-state index contributed by atoms with van der Waals surface area (Å²) in [4.78, 5) is 35.5. The molecule has 1 unspecified atom stereocenters. The van der Waals surface area contributed by atoms with Crippen LogP contribution in [0.2, 0.25) is 5.54 Å². The molecule has 0 saturated carbocycles. The summed E-state index contributed by atoms with van der Waals surface area (Å²) in [5.41, 5.74) is 11.9. The van der Waals surface area contributed by atoms with Crippen LogP contribution in [0.3, 0.4) is 0 Å². The number of rotatable bonds is 18. The molecule has 0 saturated heterocycles. The third-order valence-corrected chi connectivity index (χ3v) is 5.52. The highest BCUT2D eigenvalue weighted by Crippen LogP contribution is 2.11. The maximum Gasteiger partial charge on any atom is 0.239 e. The van der Waals surface area contributed by atoms with Crippen LogP contribution in [0, 0.1) is 0 Å². The van der Waals surface area contributed by atoms with Crippen molar-refractivity contribution >= 4 is 28.0 Å². The van der Waals surface area contributed by atoms with Crippen molar-refractivity contribution in [3.05, 3.63) is 24.6 Å². The minimum atomic E-state index is -0.555. The summed E-state index contributed by atoms with van der Waals surface area (Å²) in [6.45, 7) is 12.3. The molecule has 0 spiro atoms. The summed E-state index contributed by atoms with van der Waals surface area (Å²) in [5, 5.41) is 11.5. The Hall–Kier alpha value is -2.33. The van der Waals surface area contributed by atoms with Gasteiger partial charge in [0.25, 0.3) is 0 Å². The van der Waals surface area contributed by atoms with Crippen LogP contribution in [0.5, 0.6) is 0 Å². The van der Waals surface area contributed by atoms with Crippen molar-refractivity contribution in [1.82, 2.24) is 21.3 Å². The number of carbonyl (C=O) groups is 3. The van der Waals surface area contributed by atoms with Gasteiger partial charge in [-0.3, -0.25) is 14.4 Å². The Bertz CT molecular complexity index is 612. The number of hydrogen-bond donors (Lipinski definition) is 6. The van der Waals surface area contributed by atoms with E-state index in [1.165, 1.54) is 0 Å². The zero-order valence-electron chi connectivity index (χ0n) is 18.9. The summed E-state index contributed by atoms with van der Waals surface area (Å²) in [6.07, 6.45) is 4.65. The minimum Gasteiger partial charge on any atom is -0.380 e. The lowest BCUT2D eigenvalue weighted by Gasteiger charge is -2.23. The predicted octanol–water partition coefficient (Wildman–Crippen LogP) is -0.0560. The number of carbonyl (C=O) groups excluding carboxylic acids is 3. The SMILES string of the molecule is C=C(NCC(=O)N[C@@H](CCC(N)=O)C(=C)NCC(=O)NCCCCCC)C([Si])[C@H](C)N. The Morgan fingerprint density at radius 2 is 1.58 bits per heavy atom. The Morgan fingerprint density at radius 3 is 2.16 bits per heavy atom. The number of nitrogens with one attached hydrogen (secondary N) is 4. The van der Waals surface area contributed by atoms with E-state index in [9.17, 15) is 14.4 Å². The molecule has 175 valence electrons. The maximum absolute atomic E-state index is 12.3. The lowest BCUT2D eigenvalue weighted by atomic mass is 10.1. The van der Waals surface area contributed by atoms with Gasteiger partial charge in [0.2, 0.25) is 17.7 Å². The number of amides is 3. The smallest absolute Gasteiger partial charge is 0.239 e.